The number of carbonyl (C=O) groups excluding carboxylic acids is 1. The first-order valence-electron chi connectivity index (χ1n) is 8.36. The highest BCUT2D eigenvalue weighted by Gasteiger charge is 2.31. The second-order valence-corrected chi connectivity index (χ2v) is 6.39. The number of aromatic nitrogens is 2. The van der Waals surface area contributed by atoms with Gasteiger partial charge in [0.2, 0.25) is 5.43 Å². The molecular formula is C18H18F3N3O3. The van der Waals surface area contributed by atoms with Gasteiger partial charge in [0.1, 0.15) is 0 Å². The van der Waals surface area contributed by atoms with E-state index in [0.717, 1.165) is 12.1 Å². The Balaban J connectivity index is 2.02. The number of rotatable bonds is 2. The molecule has 1 saturated heterocycles. The molecule has 0 bridgehead atoms. The number of carbonyl (C=O) groups is 1. The third-order valence-corrected chi connectivity index (χ3v) is 4.26. The normalized spacial score (nSPS) is 17.8. The molecule has 1 atom stereocenters. The van der Waals surface area contributed by atoms with E-state index in [4.69, 9.17) is 4.74 Å². The number of hydrogen-bond donors (Lipinski definition) is 0. The predicted molar refractivity (Wildman–Crippen MR) is 90.9 cm³/mol. The summed E-state index contributed by atoms with van der Waals surface area (Å²) >= 11 is 0. The van der Waals surface area contributed by atoms with E-state index in [0.29, 0.717) is 25.4 Å². The minimum absolute atomic E-state index is 0.117. The second-order valence-electron chi connectivity index (χ2n) is 6.39. The lowest BCUT2D eigenvalue weighted by molar-refractivity contribution is -0.137. The Hall–Kier alpha value is -2.68. The van der Waals surface area contributed by atoms with Gasteiger partial charge in [-0.05, 0) is 32.0 Å². The molecule has 1 fully saturated rings. The maximum Gasteiger partial charge on any atom is 0.416 e. The van der Waals surface area contributed by atoms with Crippen LogP contribution in [0.4, 0.5) is 13.2 Å². The predicted octanol–water partition coefficient (Wildman–Crippen LogP) is 2.42. The molecule has 6 nitrogen and oxygen atoms in total. The lowest BCUT2D eigenvalue weighted by Crippen LogP contribution is -2.46. The Morgan fingerprint density at radius 3 is 2.70 bits per heavy atom. The lowest BCUT2D eigenvalue weighted by atomic mass is 10.2. The molecule has 2 heterocycles. The van der Waals surface area contributed by atoms with Crippen LogP contribution in [0.15, 0.2) is 35.1 Å². The van der Waals surface area contributed by atoms with Crippen molar-refractivity contribution in [2.75, 3.05) is 19.7 Å². The number of aryl methyl sites for hydroxylation is 1. The van der Waals surface area contributed by atoms with Gasteiger partial charge in [0.25, 0.3) is 5.91 Å². The highest BCUT2D eigenvalue weighted by atomic mass is 19.4. The van der Waals surface area contributed by atoms with Crippen molar-refractivity contribution in [3.63, 3.8) is 0 Å². The fraction of sp³-hybridized carbons (Fsp3) is 0.389. The van der Waals surface area contributed by atoms with E-state index < -0.39 is 23.1 Å². The van der Waals surface area contributed by atoms with E-state index >= 15 is 0 Å². The number of amides is 1. The fourth-order valence-electron chi connectivity index (χ4n) is 2.92. The van der Waals surface area contributed by atoms with E-state index in [2.05, 4.69) is 5.10 Å². The highest BCUT2D eigenvalue weighted by Crippen LogP contribution is 2.30. The number of benzene rings is 1. The van der Waals surface area contributed by atoms with Gasteiger partial charge in [-0.15, -0.1) is 0 Å². The Bertz CT molecular complexity index is 924. The van der Waals surface area contributed by atoms with Gasteiger partial charge in [-0.25, -0.2) is 4.68 Å². The summed E-state index contributed by atoms with van der Waals surface area (Å²) in [7, 11) is 0. The molecule has 0 saturated carbocycles. The molecule has 1 aromatic carbocycles. The summed E-state index contributed by atoms with van der Waals surface area (Å²) in [6, 6.07) is 5.76. The van der Waals surface area contributed by atoms with Crippen LogP contribution >= 0.6 is 0 Å². The van der Waals surface area contributed by atoms with Gasteiger partial charge in [-0.3, -0.25) is 9.59 Å². The first kappa shape index (κ1) is 19.1. The molecule has 3 rings (SSSR count). The van der Waals surface area contributed by atoms with Gasteiger partial charge in [0.05, 0.1) is 24.0 Å². The number of hydrogen-bond acceptors (Lipinski definition) is 4. The Labute approximate surface area is 153 Å². The molecule has 0 spiro atoms. The molecule has 0 N–H and O–H groups in total. The molecule has 27 heavy (non-hydrogen) atoms. The summed E-state index contributed by atoms with van der Waals surface area (Å²) in [6.45, 7) is 4.34. The molecule has 1 unspecified atom stereocenters. The molecule has 144 valence electrons. The van der Waals surface area contributed by atoms with Gasteiger partial charge >= 0.3 is 6.18 Å². The number of ether oxygens (including phenoxy) is 1. The Morgan fingerprint density at radius 2 is 2.04 bits per heavy atom. The fourth-order valence-corrected chi connectivity index (χ4v) is 2.92. The van der Waals surface area contributed by atoms with Crippen LogP contribution in [0.3, 0.4) is 0 Å². The number of nitrogens with zero attached hydrogens (tertiary/aromatic N) is 3. The minimum atomic E-state index is -4.51. The van der Waals surface area contributed by atoms with Crippen LogP contribution < -0.4 is 5.43 Å². The standard InChI is InChI=1S/C18H18F3N3O3/c1-11-8-15(25)16(17(26)23-6-7-27-12(2)10-23)22-24(11)14-5-3-4-13(9-14)18(19,20)21/h3-5,8-9,12H,6-7,10H2,1-2H3. The van der Waals surface area contributed by atoms with Crippen molar-refractivity contribution in [3.8, 4) is 5.69 Å². The highest BCUT2D eigenvalue weighted by molar-refractivity contribution is 5.92. The molecule has 1 amide bonds. The van der Waals surface area contributed by atoms with Crippen LogP contribution in [-0.4, -0.2) is 46.4 Å². The van der Waals surface area contributed by atoms with Gasteiger partial charge in [0.15, 0.2) is 5.69 Å². The SMILES string of the molecule is Cc1cc(=O)c(C(=O)N2CCOC(C)C2)nn1-c1cccc(C(F)(F)F)c1. The van der Waals surface area contributed by atoms with Crippen LogP contribution in [0.5, 0.6) is 0 Å². The van der Waals surface area contributed by atoms with Crippen molar-refractivity contribution in [2.45, 2.75) is 26.1 Å². The Morgan fingerprint density at radius 1 is 1.30 bits per heavy atom. The molecule has 9 heteroatoms. The Kier molecular flexibility index (Phi) is 5.05. The van der Waals surface area contributed by atoms with Gasteiger partial charge in [0, 0.05) is 24.8 Å². The molecule has 1 aliphatic rings. The van der Waals surface area contributed by atoms with Gasteiger partial charge in [-0.1, -0.05) is 6.07 Å². The third-order valence-electron chi connectivity index (χ3n) is 4.26. The smallest absolute Gasteiger partial charge is 0.375 e. The van der Waals surface area contributed by atoms with E-state index in [1.165, 1.54) is 27.8 Å². The largest absolute Gasteiger partial charge is 0.416 e. The number of morpholine rings is 1. The zero-order valence-corrected chi connectivity index (χ0v) is 14.8. The van der Waals surface area contributed by atoms with Gasteiger partial charge < -0.3 is 9.64 Å². The van der Waals surface area contributed by atoms with E-state index in [1.54, 1.807) is 6.92 Å². The maximum atomic E-state index is 13.0. The molecule has 1 aliphatic heterocycles. The zero-order valence-electron chi connectivity index (χ0n) is 14.8. The summed E-state index contributed by atoms with van der Waals surface area (Å²) in [5.74, 6) is -0.559. The maximum absolute atomic E-state index is 13.0. The molecule has 2 aromatic rings. The van der Waals surface area contributed by atoms with Crippen molar-refractivity contribution < 1.29 is 22.7 Å². The van der Waals surface area contributed by atoms with Crippen LogP contribution in [0.25, 0.3) is 5.69 Å². The summed E-state index contributed by atoms with van der Waals surface area (Å²) < 4.78 is 45.5. The van der Waals surface area contributed by atoms with Crippen molar-refractivity contribution in [3.05, 3.63) is 57.5 Å². The van der Waals surface area contributed by atoms with Crippen molar-refractivity contribution in [1.82, 2.24) is 14.7 Å². The van der Waals surface area contributed by atoms with E-state index in [9.17, 15) is 22.8 Å². The molecule has 0 radical (unpaired) electrons. The summed E-state index contributed by atoms with van der Waals surface area (Å²) in [6.07, 6.45) is -4.68. The topological polar surface area (TPSA) is 64.4 Å². The lowest BCUT2D eigenvalue weighted by Gasteiger charge is -2.30. The quantitative estimate of drug-likeness (QED) is 0.802. The second kappa shape index (κ2) is 7.15. The summed E-state index contributed by atoms with van der Waals surface area (Å²) in [5.41, 5.74) is -1.29. The van der Waals surface area contributed by atoms with Crippen LogP contribution in [0.2, 0.25) is 0 Å². The first-order valence-corrected chi connectivity index (χ1v) is 8.36. The van der Waals surface area contributed by atoms with Crippen LogP contribution in [-0.2, 0) is 10.9 Å². The molecule has 0 aliphatic carbocycles. The van der Waals surface area contributed by atoms with Crippen LogP contribution in [0.1, 0.15) is 28.7 Å². The average molecular weight is 381 g/mol. The van der Waals surface area contributed by atoms with Crippen molar-refractivity contribution in [2.24, 2.45) is 0 Å². The van der Waals surface area contributed by atoms with Crippen molar-refractivity contribution >= 4 is 5.91 Å². The summed E-state index contributed by atoms with van der Waals surface area (Å²) in [4.78, 5) is 26.4. The van der Waals surface area contributed by atoms with E-state index in [-0.39, 0.29) is 17.5 Å². The van der Waals surface area contributed by atoms with E-state index in [1.807, 2.05) is 6.92 Å². The number of alkyl halides is 3. The monoisotopic (exact) mass is 381 g/mol. The molecule has 1 aromatic heterocycles. The van der Waals surface area contributed by atoms with Gasteiger partial charge in [-0.2, -0.15) is 18.3 Å². The minimum Gasteiger partial charge on any atom is -0.375 e. The average Bonchev–Trinajstić information content (AvgIpc) is 2.61. The number of halogens is 3. The summed E-state index contributed by atoms with van der Waals surface area (Å²) in [5, 5.41) is 4.07. The first-order chi connectivity index (χ1) is 12.7. The third kappa shape index (κ3) is 4.02. The molecular weight excluding hydrogens is 363 g/mol. The zero-order chi connectivity index (χ0) is 19.8. The van der Waals surface area contributed by atoms with Crippen molar-refractivity contribution in [1.29, 1.82) is 0 Å². The van der Waals surface area contributed by atoms with Crippen LogP contribution in [0, 0.1) is 6.92 Å².